The van der Waals surface area contributed by atoms with E-state index in [1.165, 1.54) is 6.07 Å². The predicted octanol–water partition coefficient (Wildman–Crippen LogP) is 4.39. The Balaban J connectivity index is 2.10. The van der Waals surface area contributed by atoms with E-state index < -0.39 is 0 Å². The molecule has 0 unspecified atom stereocenters. The molecule has 20 heavy (non-hydrogen) atoms. The molecule has 1 N–H and O–H groups in total. The zero-order chi connectivity index (χ0) is 14.7. The Morgan fingerprint density at radius 1 is 1.25 bits per heavy atom. The van der Waals surface area contributed by atoms with E-state index in [9.17, 15) is 9.18 Å². The number of amides is 1. The number of halogens is 2. The van der Waals surface area contributed by atoms with E-state index in [0.717, 1.165) is 11.1 Å². The van der Waals surface area contributed by atoms with Crippen molar-refractivity contribution in [3.63, 3.8) is 0 Å². The molecule has 0 saturated heterocycles. The molecule has 0 fully saturated rings. The van der Waals surface area contributed by atoms with Crippen LogP contribution in [0.25, 0.3) is 0 Å². The second-order valence-electron chi connectivity index (χ2n) is 4.80. The summed E-state index contributed by atoms with van der Waals surface area (Å²) in [6.07, 6.45) is 0.302. The van der Waals surface area contributed by atoms with Crippen molar-refractivity contribution < 1.29 is 9.18 Å². The maximum atomic E-state index is 13.3. The van der Waals surface area contributed by atoms with Gasteiger partial charge in [0.2, 0.25) is 5.91 Å². The molecule has 0 aromatic heterocycles. The normalized spacial score (nSPS) is 10.4. The Morgan fingerprint density at radius 2 is 2.00 bits per heavy atom. The number of hydrogen-bond donors (Lipinski definition) is 1. The Morgan fingerprint density at radius 3 is 2.70 bits per heavy atom. The van der Waals surface area contributed by atoms with Crippen LogP contribution in [-0.4, -0.2) is 5.91 Å². The van der Waals surface area contributed by atoms with Gasteiger partial charge in [-0.15, -0.1) is 0 Å². The molecule has 1 amide bonds. The first-order valence-electron chi connectivity index (χ1n) is 6.27. The van der Waals surface area contributed by atoms with Crippen LogP contribution in [0, 0.1) is 19.7 Å². The minimum atomic E-state index is -0.334. The second kappa shape index (κ2) is 6.18. The molecule has 104 valence electrons. The molecule has 0 saturated carbocycles. The molecule has 2 rings (SSSR count). The number of anilines is 1. The SMILES string of the molecule is Cc1cccc(CC(=O)Nc2cc(Br)c(F)cc2C)c1. The number of rotatable bonds is 3. The van der Waals surface area contributed by atoms with E-state index in [-0.39, 0.29) is 11.7 Å². The van der Waals surface area contributed by atoms with E-state index in [1.54, 1.807) is 13.0 Å². The van der Waals surface area contributed by atoms with Gasteiger partial charge in [0.15, 0.2) is 0 Å². The summed E-state index contributed by atoms with van der Waals surface area (Å²) in [5.41, 5.74) is 3.40. The van der Waals surface area contributed by atoms with Crippen molar-refractivity contribution in [3.8, 4) is 0 Å². The highest BCUT2D eigenvalue weighted by Crippen LogP contribution is 2.24. The number of hydrogen-bond acceptors (Lipinski definition) is 1. The molecule has 0 radical (unpaired) electrons. The topological polar surface area (TPSA) is 29.1 Å². The van der Waals surface area contributed by atoms with Crippen LogP contribution >= 0.6 is 15.9 Å². The predicted molar refractivity (Wildman–Crippen MR) is 82.3 cm³/mol. The third-order valence-corrected chi connectivity index (χ3v) is 3.60. The molecule has 0 aliphatic heterocycles. The smallest absolute Gasteiger partial charge is 0.228 e. The first-order valence-corrected chi connectivity index (χ1v) is 7.06. The molecule has 0 bridgehead atoms. The molecule has 0 aliphatic carbocycles. The Kier molecular flexibility index (Phi) is 4.55. The highest BCUT2D eigenvalue weighted by Gasteiger charge is 2.09. The lowest BCUT2D eigenvalue weighted by Crippen LogP contribution is -2.15. The lowest BCUT2D eigenvalue weighted by atomic mass is 10.1. The minimum absolute atomic E-state index is 0.114. The number of benzene rings is 2. The van der Waals surface area contributed by atoms with Gasteiger partial charge < -0.3 is 5.32 Å². The van der Waals surface area contributed by atoms with E-state index in [0.29, 0.717) is 22.1 Å². The molecule has 2 aromatic carbocycles. The van der Waals surface area contributed by atoms with Crippen LogP contribution < -0.4 is 5.32 Å². The lowest BCUT2D eigenvalue weighted by molar-refractivity contribution is -0.115. The van der Waals surface area contributed by atoms with Crippen molar-refractivity contribution in [1.29, 1.82) is 0 Å². The molecule has 0 atom stereocenters. The Hall–Kier alpha value is -1.68. The van der Waals surface area contributed by atoms with Crippen LogP contribution in [0.4, 0.5) is 10.1 Å². The molecule has 0 aliphatic rings. The molecule has 0 heterocycles. The van der Waals surface area contributed by atoms with Gasteiger partial charge in [0.1, 0.15) is 5.82 Å². The molecule has 2 nitrogen and oxygen atoms in total. The summed E-state index contributed by atoms with van der Waals surface area (Å²) in [4.78, 5) is 12.0. The van der Waals surface area contributed by atoms with E-state index in [1.807, 2.05) is 31.2 Å². The van der Waals surface area contributed by atoms with E-state index >= 15 is 0 Å². The van der Waals surface area contributed by atoms with Gasteiger partial charge in [-0.3, -0.25) is 4.79 Å². The average molecular weight is 336 g/mol. The summed E-state index contributed by atoms with van der Waals surface area (Å²) in [6, 6.07) is 10.8. The third kappa shape index (κ3) is 3.67. The van der Waals surface area contributed by atoms with Crippen molar-refractivity contribution in [2.75, 3.05) is 5.32 Å². The van der Waals surface area contributed by atoms with Crippen LogP contribution in [0.2, 0.25) is 0 Å². The number of carbonyl (C=O) groups is 1. The maximum absolute atomic E-state index is 13.3. The van der Waals surface area contributed by atoms with E-state index in [4.69, 9.17) is 0 Å². The summed E-state index contributed by atoms with van der Waals surface area (Å²) >= 11 is 3.12. The zero-order valence-corrected chi connectivity index (χ0v) is 12.9. The molecular weight excluding hydrogens is 321 g/mol. The van der Waals surface area contributed by atoms with Gasteiger partial charge in [0.05, 0.1) is 10.9 Å². The van der Waals surface area contributed by atoms with Crippen LogP contribution in [0.5, 0.6) is 0 Å². The summed E-state index contributed by atoms with van der Waals surface area (Å²) in [6.45, 7) is 3.75. The fourth-order valence-electron chi connectivity index (χ4n) is 1.98. The highest BCUT2D eigenvalue weighted by molar-refractivity contribution is 9.10. The van der Waals surface area contributed by atoms with Crippen LogP contribution in [0.15, 0.2) is 40.9 Å². The second-order valence-corrected chi connectivity index (χ2v) is 5.65. The fourth-order valence-corrected chi connectivity index (χ4v) is 2.33. The van der Waals surface area contributed by atoms with Crippen LogP contribution in [0.1, 0.15) is 16.7 Å². The Bertz CT molecular complexity index is 655. The fraction of sp³-hybridized carbons (Fsp3) is 0.188. The Labute approximate surface area is 126 Å². The van der Waals surface area contributed by atoms with Gasteiger partial charge in [-0.1, -0.05) is 29.8 Å². The van der Waals surface area contributed by atoms with Crippen molar-refractivity contribution in [2.24, 2.45) is 0 Å². The van der Waals surface area contributed by atoms with Crippen LogP contribution in [0.3, 0.4) is 0 Å². The lowest BCUT2D eigenvalue weighted by Gasteiger charge is -2.10. The monoisotopic (exact) mass is 335 g/mol. The van der Waals surface area contributed by atoms with Gasteiger partial charge in [-0.05, 0) is 53.0 Å². The quantitative estimate of drug-likeness (QED) is 0.885. The molecule has 2 aromatic rings. The number of nitrogens with one attached hydrogen (secondary N) is 1. The van der Waals surface area contributed by atoms with Crippen molar-refractivity contribution in [1.82, 2.24) is 0 Å². The number of carbonyl (C=O) groups excluding carboxylic acids is 1. The van der Waals surface area contributed by atoms with Crippen LogP contribution in [-0.2, 0) is 11.2 Å². The van der Waals surface area contributed by atoms with Gasteiger partial charge in [-0.2, -0.15) is 0 Å². The molecule has 4 heteroatoms. The minimum Gasteiger partial charge on any atom is -0.326 e. The van der Waals surface area contributed by atoms with Gasteiger partial charge in [-0.25, -0.2) is 4.39 Å². The average Bonchev–Trinajstić information content (AvgIpc) is 2.36. The van der Waals surface area contributed by atoms with E-state index in [2.05, 4.69) is 21.2 Å². The largest absolute Gasteiger partial charge is 0.326 e. The zero-order valence-electron chi connectivity index (χ0n) is 11.3. The summed E-state index contributed by atoms with van der Waals surface area (Å²) in [7, 11) is 0. The summed E-state index contributed by atoms with van der Waals surface area (Å²) in [5.74, 6) is -0.448. The highest BCUT2D eigenvalue weighted by atomic mass is 79.9. The molecular formula is C16H15BrFNO. The first kappa shape index (κ1) is 14.7. The van der Waals surface area contributed by atoms with Gasteiger partial charge in [0.25, 0.3) is 0 Å². The van der Waals surface area contributed by atoms with Crippen molar-refractivity contribution in [3.05, 3.63) is 63.4 Å². The molecule has 0 spiro atoms. The first-order chi connectivity index (χ1) is 9.45. The standard InChI is InChI=1S/C16H15BrFNO/c1-10-4-3-5-12(6-10)8-16(20)19-15-9-13(17)14(18)7-11(15)2/h3-7,9H,8H2,1-2H3,(H,19,20). The van der Waals surface area contributed by atoms with Gasteiger partial charge >= 0.3 is 0 Å². The van der Waals surface area contributed by atoms with Crippen molar-refractivity contribution >= 4 is 27.5 Å². The third-order valence-electron chi connectivity index (χ3n) is 2.99. The van der Waals surface area contributed by atoms with Gasteiger partial charge in [0, 0.05) is 5.69 Å². The maximum Gasteiger partial charge on any atom is 0.228 e. The number of aryl methyl sites for hydroxylation is 2. The summed E-state index contributed by atoms with van der Waals surface area (Å²) in [5, 5.41) is 2.81. The summed E-state index contributed by atoms with van der Waals surface area (Å²) < 4.78 is 13.7. The van der Waals surface area contributed by atoms with Crippen molar-refractivity contribution in [2.45, 2.75) is 20.3 Å².